The van der Waals surface area contributed by atoms with Gasteiger partial charge in [0.25, 0.3) is 0 Å². The Labute approximate surface area is 148 Å². The first kappa shape index (κ1) is 19.6. The Morgan fingerprint density at radius 3 is 2.72 bits per heavy atom. The van der Waals surface area contributed by atoms with E-state index in [1.807, 2.05) is 24.3 Å². The van der Waals surface area contributed by atoms with E-state index < -0.39 is 35.6 Å². The second-order valence-corrected chi connectivity index (χ2v) is 7.08. The number of carboxylic acids is 1. The Bertz CT molecular complexity index is 621. The maximum absolute atomic E-state index is 12.1. The number of benzene rings is 1. The molecular weight excluding hydrogens is 355 g/mol. The summed E-state index contributed by atoms with van der Waals surface area (Å²) in [7, 11) is 0. The second-order valence-electron chi connectivity index (χ2n) is 6.09. The molecule has 1 amide bonds. The van der Waals surface area contributed by atoms with Crippen LogP contribution in [0.15, 0.2) is 24.3 Å². The van der Waals surface area contributed by atoms with Crippen molar-refractivity contribution in [2.45, 2.75) is 43.8 Å². The number of carboxylic acid groups (broad SMARTS) is 1. The lowest BCUT2D eigenvalue weighted by molar-refractivity contribution is -0.141. The number of hydrogen-bond donors (Lipinski definition) is 2. The number of carbonyl (C=O) groups excluding carboxylic acids is 1. The highest BCUT2D eigenvalue weighted by atomic mass is 32.2. The number of hydrogen-bond acceptors (Lipinski definition) is 3. The zero-order chi connectivity index (χ0) is 18.4. The van der Waals surface area contributed by atoms with Gasteiger partial charge in [-0.1, -0.05) is 24.3 Å². The van der Waals surface area contributed by atoms with Crippen LogP contribution in [0.3, 0.4) is 0 Å². The topological polar surface area (TPSA) is 66.4 Å². The van der Waals surface area contributed by atoms with E-state index in [1.54, 1.807) is 0 Å². The highest BCUT2D eigenvalue weighted by Gasteiger charge is 2.30. The molecule has 2 N–H and O–H groups in total. The molecule has 0 spiro atoms. The van der Waals surface area contributed by atoms with Crippen LogP contribution in [0.5, 0.6) is 0 Å². The first-order valence-corrected chi connectivity index (χ1v) is 9.16. The molecule has 0 heterocycles. The number of alkyl halides is 3. The average molecular weight is 375 g/mol. The fraction of sp³-hybridized carbons (Fsp3) is 0.529. The number of amides is 1. The monoisotopic (exact) mass is 375 g/mol. The minimum atomic E-state index is -4.34. The van der Waals surface area contributed by atoms with E-state index >= 15 is 0 Å². The van der Waals surface area contributed by atoms with Crippen molar-refractivity contribution in [2.75, 3.05) is 11.5 Å². The molecule has 138 valence electrons. The van der Waals surface area contributed by atoms with Crippen LogP contribution in [0.25, 0.3) is 0 Å². The smallest absolute Gasteiger partial charge is 0.397 e. The normalized spacial score (nSPS) is 18.3. The number of carbonyl (C=O) groups is 2. The maximum Gasteiger partial charge on any atom is 0.397 e. The van der Waals surface area contributed by atoms with Crippen molar-refractivity contribution < 1.29 is 27.9 Å². The third kappa shape index (κ3) is 6.26. The van der Waals surface area contributed by atoms with E-state index in [9.17, 15) is 27.9 Å². The summed E-state index contributed by atoms with van der Waals surface area (Å²) in [4.78, 5) is 23.2. The molecule has 0 bridgehead atoms. The van der Waals surface area contributed by atoms with Crippen molar-refractivity contribution in [3.63, 3.8) is 0 Å². The lowest BCUT2D eigenvalue weighted by Gasteiger charge is -2.28. The van der Waals surface area contributed by atoms with Gasteiger partial charge in [-0.2, -0.15) is 13.2 Å². The van der Waals surface area contributed by atoms with Crippen LogP contribution in [0.2, 0.25) is 0 Å². The van der Waals surface area contributed by atoms with Gasteiger partial charge in [-0.15, -0.1) is 11.8 Å². The van der Waals surface area contributed by atoms with E-state index in [0.29, 0.717) is 11.8 Å². The summed E-state index contributed by atoms with van der Waals surface area (Å²) in [5.74, 6) is -3.38. The van der Waals surface area contributed by atoms with Gasteiger partial charge in [-0.25, -0.2) is 4.79 Å². The van der Waals surface area contributed by atoms with E-state index in [1.165, 1.54) is 5.56 Å². The van der Waals surface area contributed by atoms with Gasteiger partial charge >= 0.3 is 12.1 Å². The zero-order valence-corrected chi connectivity index (χ0v) is 14.3. The molecule has 4 nitrogen and oxygen atoms in total. The highest BCUT2D eigenvalue weighted by Crippen LogP contribution is 2.34. The Kier molecular flexibility index (Phi) is 6.75. The first-order valence-electron chi connectivity index (χ1n) is 8.00. The summed E-state index contributed by atoms with van der Waals surface area (Å²) >= 11 is 0.427. The molecule has 1 aromatic carbocycles. The van der Waals surface area contributed by atoms with Crippen molar-refractivity contribution >= 4 is 23.6 Å². The SMILES string of the molecule is O=C(CSCC(F)(F)F)NC(CC1CCCc2ccccc21)C(=O)O. The minimum Gasteiger partial charge on any atom is -0.480 e. The van der Waals surface area contributed by atoms with Crippen molar-refractivity contribution in [1.82, 2.24) is 5.32 Å². The average Bonchev–Trinajstić information content (AvgIpc) is 2.53. The lowest BCUT2D eigenvalue weighted by Crippen LogP contribution is -2.43. The molecule has 2 unspecified atom stereocenters. The molecule has 0 aliphatic heterocycles. The quantitative estimate of drug-likeness (QED) is 0.767. The third-order valence-corrected chi connectivity index (χ3v) is 5.14. The summed E-state index contributed by atoms with van der Waals surface area (Å²) in [6.45, 7) is 0. The molecule has 0 fully saturated rings. The summed E-state index contributed by atoms with van der Waals surface area (Å²) in [5.41, 5.74) is 2.29. The molecule has 0 radical (unpaired) electrons. The van der Waals surface area contributed by atoms with Crippen LogP contribution in [0, 0.1) is 0 Å². The predicted molar refractivity (Wildman–Crippen MR) is 89.7 cm³/mol. The molecule has 0 saturated heterocycles. The number of thioether (sulfide) groups is 1. The Morgan fingerprint density at radius 1 is 1.32 bits per heavy atom. The van der Waals surface area contributed by atoms with Gasteiger partial charge < -0.3 is 10.4 Å². The largest absolute Gasteiger partial charge is 0.480 e. The van der Waals surface area contributed by atoms with E-state index in [0.717, 1.165) is 24.8 Å². The van der Waals surface area contributed by atoms with Crippen molar-refractivity contribution in [3.8, 4) is 0 Å². The predicted octanol–water partition coefficient (Wildman–Crippen LogP) is 3.36. The molecule has 8 heteroatoms. The van der Waals surface area contributed by atoms with Gasteiger partial charge in [-0.3, -0.25) is 4.79 Å². The molecule has 25 heavy (non-hydrogen) atoms. The van der Waals surface area contributed by atoms with E-state index in [-0.39, 0.29) is 12.3 Å². The molecular formula is C17H20F3NO3S. The number of fused-ring (bicyclic) bond motifs is 1. The molecule has 1 aromatic rings. The molecule has 0 aromatic heterocycles. The number of rotatable bonds is 7. The summed E-state index contributed by atoms with van der Waals surface area (Å²) in [5, 5.41) is 11.7. The van der Waals surface area contributed by atoms with Crippen LogP contribution in [-0.2, 0) is 16.0 Å². The Morgan fingerprint density at radius 2 is 2.04 bits per heavy atom. The third-order valence-electron chi connectivity index (χ3n) is 4.15. The van der Waals surface area contributed by atoms with Gasteiger partial charge in [-0.05, 0) is 42.7 Å². The maximum atomic E-state index is 12.1. The number of aryl methyl sites for hydroxylation is 1. The standard InChI is InChI=1S/C17H20F3NO3S/c18-17(19,20)10-25-9-15(22)21-14(16(23)24)8-12-6-3-5-11-4-1-2-7-13(11)12/h1-2,4,7,12,14H,3,5-6,8-10H2,(H,21,22)(H,23,24). The fourth-order valence-electron chi connectivity index (χ4n) is 3.10. The molecule has 0 saturated carbocycles. The summed E-state index contributed by atoms with van der Waals surface area (Å²) in [6, 6.07) is 6.73. The fourth-order valence-corrected chi connectivity index (χ4v) is 3.70. The van der Waals surface area contributed by atoms with Gasteiger partial charge in [0, 0.05) is 0 Å². The van der Waals surface area contributed by atoms with Crippen LogP contribution >= 0.6 is 11.8 Å². The van der Waals surface area contributed by atoms with Gasteiger partial charge in [0.1, 0.15) is 6.04 Å². The number of aliphatic carboxylic acids is 1. The summed E-state index contributed by atoms with van der Waals surface area (Å²) in [6.07, 6.45) is -1.38. The van der Waals surface area contributed by atoms with Crippen molar-refractivity contribution in [2.24, 2.45) is 0 Å². The molecule has 1 aliphatic rings. The second kappa shape index (κ2) is 8.60. The van der Waals surface area contributed by atoms with Gasteiger partial charge in [0.05, 0.1) is 11.5 Å². The van der Waals surface area contributed by atoms with Crippen molar-refractivity contribution in [1.29, 1.82) is 0 Å². The molecule has 2 rings (SSSR count). The molecule has 1 aliphatic carbocycles. The first-order chi connectivity index (χ1) is 11.8. The van der Waals surface area contributed by atoms with Gasteiger partial charge in [0.15, 0.2) is 0 Å². The lowest BCUT2D eigenvalue weighted by atomic mass is 9.79. The Balaban J connectivity index is 1.93. The minimum absolute atomic E-state index is 0.0224. The van der Waals surface area contributed by atoms with Crippen molar-refractivity contribution in [3.05, 3.63) is 35.4 Å². The van der Waals surface area contributed by atoms with E-state index in [2.05, 4.69) is 5.32 Å². The van der Waals surface area contributed by atoms with E-state index in [4.69, 9.17) is 0 Å². The zero-order valence-electron chi connectivity index (χ0n) is 13.5. The van der Waals surface area contributed by atoms with Gasteiger partial charge in [0.2, 0.25) is 5.91 Å². The molecule has 2 atom stereocenters. The van der Waals surface area contributed by atoms with Crippen LogP contribution in [0.1, 0.15) is 36.3 Å². The summed E-state index contributed by atoms with van der Waals surface area (Å²) < 4.78 is 36.3. The highest BCUT2D eigenvalue weighted by molar-refractivity contribution is 8.00. The van der Waals surface area contributed by atoms with Crippen LogP contribution in [0.4, 0.5) is 13.2 Å². The van der Waals surface area contributed by atoms with Crippen LogP contribution < -0.4 is 5.32 Å². The number of halogens is 3. The van der Waals surface area contributed by atoms with Crippen LogP contribution in [-0.4, -0.2) is 40.7 Å². The Hall–Kier alpha value is -1.70. The number of nitrogens with one attached hydrogen (secondary N) is 1.